The number of halogens is 5. The average Bonchev–Trinajstić information content (AvgIpc) is 2.75. The predicted octanol–water partition coefficient (Wildman–Crippen LogP) is 4.45. The first-order valence-corrected chi connectivity index (χ1v) is 6.43. The largest absolute Gasteiger partial charge is 0.573 e. The van der Waals surface area contributed by atoms with Crippen LogP contribution in [0.5, 0.6) is 5.75 Å². The summed E-state index contributed by atoms with van der Waals surface area (Å²) in [6.07, 6.45) is -3.45. The number of thiazole rings is 1. The minimum Gasteiger partial charge on any atom is -0.403 e. The van der Waals surface area contributed by atoms with Crippen LogP contribution < -0.4 is 10.1 Å². The van der Waals surface area contributed by atoms with Crippen molar-refractivity contribution in [3.05, 3.63) is 39.6 Å². The Morgan fingerprint density at radius 3 is 2.70 bits per heavy atom. The molecule has 0 aliphatic rings. The molecule has 0 saturated carbocycles. The molecular formula is C11H7ClF4N2OS. The summed E-state index contributed by atoms with van der Waals surface area (Å²) in [5.74, 6) is -2.00. The van der Waals surface area contributed by atoms with Gasteiger partial charge in [0.2, 0.25) is 0 Å². The second-order valence-corrected chi connectivity index (χ2v) is 5.30. The highest BCUT2D eigenvalue weighted by atomic mass is 35.5. The molecule has 0 aliphatic carbocycles. The first kappa shape index (κ1) is 14.9. The summed E-state index contributed by atoms with van der Waals surface area (Å²) in [7, 11) is 0. The first-order chi connectivity index (χ1) is 9.35. The van der Waals surface area contributed by atoms with Gasteiger partial charge in [0.1, 0.15) is 0 Å². The van der Waals surface area contributed by atoms with Gasteiger partial charge in [-0.3, -0.25) is 0 Å². The van der Waals surface area contributed by atoms with Gasteiger partial charge in [0, 0.05) is 11.1 Å². The summed E-state index contributed by atoms with van der Waals surface area (Å²) in [6.45, 7) is 0.191. The zero-order chi connectivity index (χ0) is 14.8. The van der Waals surface area contributed by atoms with E-state index in [2.05, 4.69) is 15.0 Å². The number of benzene rings is 1. The van der Waals surface area contributed by atoms with E-state index in [0.717, 1.165) is 10.9 Å². The predicted molar refractivity (Wildman–Crippen MR) is 67.5 cm³/mol. The van der Waals surface area contributed by atoms with Gasteiger partial charge in [-0.2, -0.15) is 0 Å². The standard InChI is InChI=1S/C11H7ClF4N2OS/c12-10-18-5-6(20-10)4-17-7-2-1-3-8(9(7)13)19-11(14,15)16/h1-3,5,17H,4H2. The number of nitrogens with zero attached hydrogens (tertiary/aromatic N) is 1. The van der Waals surface area contributed by atoms with E-state index >= 15 is 0 Å². The van der Waals surface area contributed by atoms with Crippen LogP contribution in [-0.4, -0.2) is 11.3 Å². The van der Waals surface area contributed by atoms with Crippen molar-refractivity contribution in [2.24, 2.45) is 0 Å². The third-order valence-corrected chi connectivity index (χ3v) is 3.28. The molecule has 0 atom stereocenters. The zero-order valence-corrected chi connectivity index (χ0v) is 11.2. The van der Waals surface area contributed by atoms with Crippen LogP contribution in [0.25, 0.3) is 0 Å². The topological polar surface area (TPSA) is 34.2 Å². The van der Waals surface area contributed by atoms with Crippen molar-refractivity contribution in [1.29, 1.82) is 0 Å². The normalized spacial score (nSPS) is 11.4. The van der Waals surface area contributed by atoms with E-state index in [1.165, 1.54) is 29.7 Å². The Hall–Kier alpha value is -1.54. The van der Waals surface area contributed by atoms with E-state index in [1.807, 2.05) is 0 Å². The van der Waals surface area contributed by atoms with Gasteiger partial charge in [-0.15, -0.1) is 24.5 Å². The molecule has 0 bridgehead atoms. The Balaban J connectivity index is 2.10. The lowest BCUT2D eigenvalue weighted by atomic mass is 10.3. The number of hydrogen-bond donors (Lipinski definition) is 1. The quantitative estimate of drug-likeness (QED) is 0.843. The van der Waals surface area contributed by atoms with Gasteiger partial charge in [-0.1, -0.05) is 17.7 Å². The van der Waals surface area contributed by atoms with Crippen LogP contribution in [0.1, 0.15) is 4.88 Å². The highest BCUT2D eigenvalue weighted by molar-refractivity contribution is 7.15. The van der Waals surface area contributed by atoms with Gasteiger partial charge in [-0.05, 0) is 12.1 Å². The monoisotopic (exact) mass is 326 g/mol. The molecular weight excluding hydrogens is 320 g/mol. The van der Waals surface area contributed by atoms with E-state index < -0.39 is 17.9 Å². The number of alkyl halides is 3. The van der Waals surface area contributed by atoms with E-state index in [-0.39, 0.29) is 12.2 Å². The van der Waals surface area contributed by atoms with Gasteiger partial charge in [-0.25, -0.2) is 9.37 Å². The Morgan fingerprint density at radius 2 is 2.10 bits per heavy atom. The fourth-order valence-electron chi connectivity index (χ4n) is 1.40. The van der Waals surface area contributed by atoms with Crippen LogP contribution in [0.4, 0.5) is 23.2 Å². The lowest BCUT2D eigenvalue weighted by molar-refractivity contribution is -0.275. The minimum atomic E-state index is -4.94. The maximum absolute atomic E-state index is 13.8. The van der Waals surface area contributed by atoms with Crippen molar-refractivity contribution in [2.45, 2.75) is 12.9 Å². The van der Waals surface area contributed by atoms with Crippen molar-refractivity contribution in [3.63, 3.8) is 0 Å². The molecule has 1 aromatic carbocycles. The zero-order valence-electron chi connectivity index (χ0n) is 9.67. The molecule has 0 fully saturated rings. The van der Waals surface area contributed by atoms with Gasteiger partial charge in [0.05, 0.1) is 12.2 Å². The Morgan fingerprint density at radius 1 is 1.35 bits per heavy atom. The lowest BCUT2D eigenvalue weighted by Gasteiger charge is -2.12. The second kappa shape index (κ2) is 5.84. The molecule has 0 unspecified atom stereocenters. The van der Waals surface area contributed by atoms with E-state index in [1.54, 1.807) is 0 Å². The molecule has 0 spiro atoms. The molecule has 3 nitrogen and oxygen atoms in total. The van der Waals surface area contributed by atoms with Crippen LogP contribution >= 0.6 is 22.9 Å². The fourth-order valence-corrected chi connectivity index (χ4v) is 2.32. The maximum Gasteiger partial charge on any atom is 0.573 e. The number of ether oxygens (including phenoxy) is 1. The number of hydrogen-bond acceptors (Lipinski definition) is 4. The maximum atomic E-state index is 13.8. The van der Waals surface area contributed by atoms with Crippen LogP contribution in [0.2, 0.25) is 4.47 Å². The Labute approximate surface area is 120 Å². The summed E-state index contributed by atoms with van der Waals surface area (Å²) in [5.41, 5.74) is -0.101. The highest BCUT2D eigenvalue weighted by Gasteiger charge is 2.32. The minimum absolute atomic E-state index is 0.101. The number of rotatable bonds is 4. The van der Waals surface area contributed by atoms with Gasteiger partial charge in [0.25, 0.3) is 0 Å². The molecule has 2 aromatic rings. The van der Waals surface area contributed by atoms with Crippen molar-refractivity contribution in [3.8, 4) is 5.75 Å². The van der Waals surface area contributed by atoms with Crippen LogP contribution in [0, 0.1) is 5.82 Å². The fraction of sp³-hybridized carbons (Fsp3) is 0.182. The average molecular weight is 327 g/mol. The Kier molecular flexibility index (Phi) is 4.34. The van der Waals surface area contributed by atoms with Gasteiger partial charge in [0.15, 0.2) is 16.0 Å². The molecule has 0 saturated heterocycles. The second-order valence-electron chi connectivity index (χ2n) is 3.60. The highest BCUT2D eigenvalue weighted by Crippen LogP contribution is 2.30. The molecule has 2 rings (SSSR count). The Bertz CT molecular complexity index is 602. The summed E-state index contributed by atoms with van der Waals surface area (Å²) in [6, 6.07) is 3.46. The first-order valence-electron chi connectivity index (χ1n) is 5.23. The number of nitrogens with one attached hydrogen (secondary N) is 1. The molecule has 1 aromatic heterocycles. The van der Waals surface area contributed by atoms with Crippen molar-refractivity contribution in [2.75, 3.05) is 5.32 Å². The molecule has 9 heteroatoms. The van der Waals surface area contributed by atoms with E-state index in [4.69, 9.17) is 11.6 Å². The lowest BCUT2D eigenvalue weighted by Crippen LogP contribution is -2.18. The summed E-state index contributed by atoms with van der Waals surface area (Å²) in [4.78, 5) is 4.51. The third-order valence-electron chi connectivity index (χ3n) is 2.17. The molecule has 108 valence electrons. The van der Waals surface area contributed by atoms with Gasteiger partial charge < -0.3 is 10.1 Å². The summed E-state index contributed by atoms with van der Waals surface area (Å²) < 4.78 is 53.9. The third kappa shape index (κ3) is 3.97. The molecule has 1 heterocycles. The molecule has 0 radical (unpaired) electrons. The summed E-state index contributed by atoms with van der Waals surface area (Å²) >= 11 is 6.82. The van der Waals surface area contributed by atoms with Crippen LogP contribution in [-0.2, 0) is 6.54 Å². The number of aromatic nitrogens is 1. The van der Waals surface area contributed by atoms with E-state index in [0.29, 0.717) is 4.47 Å². The molecule has 0 amide bonds. The van der Waals surface area contributed by atoms with Crippen molar-refractivity contribution < 1.29 is 22.3 Å². The number of anilines is 1. The van der Waals surface area contributed by atoms with E-state index in [9.17, 15) is 17.6 Å². The SMILES string of the molecule is Fc1c(NCc2cnc(Cl)s2)cccc1OC(F)(F)F. The molecule has 20 heavy (non-hydrogen) atoms. The summed E-state index contributed by atoms with van der Waals surface area (Å²) in [5, 5.41) is 2.66. The van der Waals surface area contributed by atoms with Gasteiger partial charge >= 0.3 is 6.36 Å². The molecule has 1 N–H and O–H groups in total. The van der Waals surface area contributed by atoms with Crippen molar-refractivity contribution in [1.82, 2.24) is 4.98 Å². The molecule has 0 aliphatic heterocycles. The van der Waals surface area contributed by atoms with Crippen molar-refractivity contribution >= 4 is 28.6 Å². The van der Waals surface area contributed by atoms with Crippen LogP contribution in [0.15, 0.2) is 24.4 Å². The van der Waals surface area contributed by atoms with Crippen LogP contribution in [0.3, 0.4) is 0 Å². The smallest absolute Gasteiger partial charge is 0.403 e.